The summed E-state index contributed by atoms with van der Waals surface area (Å²) in [6, 6.07) is 0. The summed E-state index contributed by atoms with van der Waals surface area (Å²) in [6.07, 6.45) is 3.63. The number of hydrogen-bond acceptors (Lipinski definition) is 1. The van der Waals surface area contributed by atoms with E-state index in [9.17, 15) is 4.39 Å². The van der Waals surface area contributed by atoms with Crippen LogP contribution in [0.5, 0.6) is 0 Å². The van der Waals surface area contributed by atoms with Crippen molar-refractivity contribution < 1.29 is 4.39 Å². The minimum Gasteiger partial charge on any atom is -0.374 e. The van der Waals surface area contributed by atoms with Crippen molar-refractivity contribution in [2.24, 2.45) is 0 Å². The van der Waals surface area contributed by atoms with E-state index >= 15 is 0 Å². The zero-order chi connectivity index (χ0) is 6.85. The summed E-state index contributed by atoms with van der Waals surface area (Å²) in [4.78, 5) is 1.80. The first-order chi connectivity index (χ1) is 4.20. The summed E-state index contributed by atoms with van der Waals surface area (Å²) in [7, 11) is 1.85. The van der Waals surface area contributed by atoms with Gasteiger partial charge < -0.3 is 4.90 Å². The van der Waals surface area contributed by atoms with Gasteiger partial charge in [0.05, 0.1) is 6.54 Å². The van der Waals surface area contributed by atoms with Crippen molar-refractivity contribution in [3.05, 3.63) is 21.7 Å². The van der Waals surface area contributed by atoms with Crippen LogP contribution in [-0.4, -0.2) is 18.5 Å². The quantitative estimate of drug-likeness (QED) is 0.585. The molecule has 0 aromatic rings. The number of hydrogen-bond donors (Lipinski definition) is 0. The van der Waals surface area contributed by atoms with Gasteiger partial charge in [0.15, 0.2) is 0 Å². The van der Waals surface area contributed by atoms with Crippen molar-refractivity contribution in [1.29, 1.82) is 0 Å². The van der Waals surface area contributed by atoms with Crippen LogP contribution in [0.2, 0.25) is 0 Å². The Labute approximate surface area is 67.4 Å². The van der Waals surface area contributed by atoms with E-state index in [0.29, 0.717) is 10.1 Å². The van der Waals surface area contributed by atoms with Crippen molar-refractivity contribution >= 4 is 22.6 Å². The molecule has 1 nitrogen and oxygen atoms in total. The second-order valence-electron chi connectivity index (χ2n) is 1.98. The van der Waals surface area contributed by atoms with Crippen LogP contribution in [-0.2, 0) is 0 Å². The molecule has 3 heteroatoms. The molecule has 0 bridgehead atoms. The van der Waals surface area contributed by atoms with E-state index < -0.39 is 0 Å². The average Bonchev–Trinajstić information content (AvgIpc) is 1.80. The van der Waals surface area contributed by atoms with Gasteiger partial charge in [0.1, 0.15) is 5.83 Å². The molecule has 0 radical (unpaired) electrons. The van der Waals surface area contributed by atoms with E-state index in [1.54, 1.807) is 11.0 Å². The van der Waals surface area contributed by atoms with Crippen LogP contribution in [0.3, 0.4) is 0 Å². The number of likely N-dealkylation sites (N-methyl/N-ethyl adjacent to an activating group) is 1. The van der Waals surface area contributed by atoms with Gasteiger partial charge in [-0.05, 0) is 28.7 Å². The third-order valence-corrected chi connectivity index (χ3v) is 2.07. The number of rotatable bonds is 0. The molecule has 0 amide bonds. The predicted molar refractivity (Wildman–Crippen MR) is 43.9 cm³/mol. The first-order valence-corrected chi connectivity index (χ1v) is 3.70. The van der Waals surface area contributed by atoms with E-state index in [0.717, 1.165) is 0 Å². The highest BCUT2D eigenvalue weighted by Crippen LogP contribution is 2.20. The molecular formula is C6H7FIN. The number of allylic oxidation sites excluding steroid dienone is 2. The second-order valence-corrected chi connectivity index (χ2v) is 3.15. The molecule has 1 aliphatic heterocycles. The lowest BCUT2D eigenvalue weighted by atomic mass is 10.3. The fraction of sp³-hybridized carbons (Fsp3) is 0.333. The topological polar surface area (TPSA) is 3.24 Å². The molecule has 1 rings (SSSR count). The zero-order valence-corrected chi connectivity index (χ0v) is 7.22. The van der Waals surface area contributed by atoms with Gasteiger partial charge in [0, 0.05) is 16.8 Å². The van der Waals surface area contributed by atoms with E-state index in [-0.39, 0.29) is 5.83 Å². The average molecular weight is 239 g/mol. The van der Waals surface area contributed by atoms with Crippen LogP contribution < -0.4 is 0 Å². The first-order valence-electron chi connectivity index (χ1n) is 2.63. The Bertz CT molecular complexity index is 174. The predicted octanol–water partition coefficient (Wildman–Crippen LogP) is 2.06. The molecule has 0 fully saturated rings. The summed E-state index contributed by atoms with van der Waals surface area (Å²) in [6.45, 7) is 0.411. The molecule has 0 unspecified atom stereocenters. The Morgan fingerprint density at radius 3 is 2.89 bits per heavy atom. The summed E-state index contributed by atoms with van der Waals surface area (Å²) in [5.74, 6) is -0.0411. The van der Waals surface area contributed by atoms with Crippen LogP contribution in [0.25, 0.3) is 0 Å². The molecule has 1 aliphatic rings. The highest BCUT2D eigenvalue weighted by atomic mass is 127. The minimum absolute atomic E-state index is 0.0411. The monoisotopic (exact) mass is 239 g/mol. The molecule has 0 aliphatic carbocycles. The third-order valence-electron chi connectivity index (χ3n) is 1.12. The maximum absolute atomic E-state index is 12.6. The Balaban J connectivity index is 2.75. The maximum Gasteiger partial charge on any atom is 0.132 e. The van der Waals surface area contributed by atoms with E-state index in [1.165, 1.54) is 0 Å². The van der Waals surface area contributed by atoms with Crippen molar-refractivity contribution in [1.82, 2.24) is 4.90 Å². The van der Waals surface area contributed by atoms with Crippen LogP contribution in [0.15, 0.2) is 21.7 Å². The smallest absolute Gasteiger partial charge is 0.132 e. The molecule has 0 saturated carbocycles. The van der Waals surface area contributed by atoms with Gasteiger partial charge in [-0.2, -0.15) is 0 Å². The normalized spacial score (nSPS) is 19.2. The molecule has 1 heterocycles. The molecule has 0 atom stereocenters. The van der Waals surface area contributed by atoms with Gasteiger partial charge in [-0.3, -0.25) is 0 Å². The standard InChI is InChI=1S/C6H7FIN/c1-9-3-2-6(8)5(7)4-9/h2-3H,4H2,1H3. The van der Waals surface area contributed by atoms with Crippen LogP contribution in [0, 0.1) is 0 Å². The summed E-state index contributed by atoms with van der Waals surface area (Å²) in [5, 5.41) is 0. The Hall–Kier alpha value is -0.0600. The molecule has 0 aromatic heterocycles. The first kappa shape index (κ1) is 7.05. The SMILES string of the molecule is CN1C=CC(I)=C(F)C1. The molecule has 50 valence electrons. The maximum atomic E-state index is 12.6. The van der Waals surface area contributed by atoms with Gasteiger partial charge in [0.2, 0.25) is 0 Å². The van der Waals surface area contributed by atoms with Crippen molar-refractivity contribution in [2.75, 3.05) is 13.6 Å². The highest BCUT2D eigenvalue weighted by molar-refractivity contribution is 14.1. The highest BCUT2D eigenvalue weighted by Gasteiger charge is 2.06. The summed E-state index contributed by atoms with van der Waals surface area (Å²) >= 11 is 1.98. The molecule has 0 spiro atoms. The molecule has 0 N–H and O–H groups in total. The summed E-state index contributed by atoms with van der Waals surface area (Å²) < 4.78 is 13.3. The number of nitrogens with zero attached hydrogens (tertiary/aromatic N) is 1. The Morgan fingerprint density at radius 1 is 1.78 bits per heavy atom. The lowest BCUT2D eigenvalue weighted by Crippen LogP contribution is -2.15. The van der Waals surface area contributed by atoms with Crippen LogP contribution in [0.4, 0.5) is 4.39 Å². The largest absolute Gasteiger partial charge is 0.374 e. The van der Waals surface area contributed by atoms with E-state index in [1.807, 2.05) is 35.8 Å². The van der Waals surface area contributed by atoms with Gasteiger partial charge in [-0.25, -0.2) is 4.39 Å². The van der Waals surface area contributed by atoms with Gasteiger partial charge in [-0.15, -0.1) is 0 Å². The summed E-state index contributed by atoms with van der Waals surface area (Å²) in [5.41, 5.74) is 0. The zero-order valence-electron chi connectivity index (χ0n) is 5.06. The third kappa shape index (κ3) is 1.67. The van der Waals surface area contributed by atoms with Gasteiger partial charge in [0.25, 0.3) is 0 Å². The second kappa shape index (κ2) is 2.68. The fourth-order valence-electron chi connectivity index (χ4n) is 0.630. The fourth-order valence-corrected chi connectivity index (χ4v) is 0.962. The van der Waals surface area contributed by atoms with Crippen LogP contribution >= 0.6 is 22.6 Å². The molecular weight excluding hydrogens is 232 g/mol. The van der Waals surface area contributed by atoms with E-state index in [2.05, 4.69) is 0 Å². The van der Waals surface area contributed by atoms with Crippen LogP contribution in [0.1, 0.15) is 0 Å². The lowest BCUT2D eigenvalue weighted by Gasteiger charge is -2.16. The Morgan fingerprint density at radius 2 is 2.44 bits per heavy atom. The Kier molecular flexibility index (Phi) is 2.10. The molecule has 0 aromatic carbocycles. The van der Waals surface area contributed by atoms with Crippen molar-refractivity contribution in [3.8, 4) is 0 Å². The molecule has 0 saturated heterocycles. The number of halogens is 2. The minimum atomic E-state index is -0.0411. The van der Waals surface area contributed by atoms with Crippen molar-refractivity contribution in [3.63, 3.8) is 0 Å². The van der Waals surface area contributed by atoms with Gasteiger partial charge >= 0.3 is 0 Å². The van der Waals surface area contributed by atoms with Gasteiger partial charge in [-0.1, -0.05) is 0 Å². The van der Waals surface area contributed by atoms with E-state index in [4.69, 9.17) is 0 Å². The lowest BCUT2D eigenvalue weighted by molar-refractivity contribution is 0.430. The van der Waals surface area contributed by atoms with Crippen molar-refractivity contribution in [2.45, 2.75) is 0 Å². The molecule has 9 heavy (non-hydrogen) atoms.